The first-order valence-electron chi connectivity index (χ1n) is 14.2. The van der Waals surface area contributed by atoms with Gasteiger partial charge in [0, 0.05) is 34.4 Å². The second-order valence-electron chi connectivity index (χ2n) is 9.91. The Morgan fingerprint density at radius 2 is 0.932 bits per heavy atom. The number of ether oxygens (including phenoxy) is 1. The molecule has 218 valence electrons. The van der Waals surface area contributed by atoms with E-state index in [0.717, 1.165) is 23.3 Å². The molecule has 0 saturated heterocycles. The largest absolute Gasteiger partial charge is 0.457 e. The standard InChI is InChI=1S/C35H20F4N2O.C2H6/c36-21-15-17-23(27(38)19-21)29-9-5-13-33(40-29)35(25-7-1-3-11-31(25)42-32-12-4-2-8-26(32)35)34-14-6-10-30(41-34)24-18-16-22(37)20-28(24)39;1-2/h1-20H;1-2H3. The van der Waals surface area contributed by atoms with Crippen molar-refractivity contribution in [1.82, 2.24) is 9.97 Å². The predicted octanol–water partition coefficient (Wildman–Crippen LogP) is 9.88. The SMILES string of the molecule is CC.Fc1ccc(-c2cccc(C3(c4cccc(-c5ccc(F)cc5F)n4)c4ccccc4Oc4ccccc43)n2)c(F)c1. The lowest BCUT2D eigenvalue weighted by atomic mass is 9.67. The molecular formula is C37H26F4N2O. The second-order valence-corrected chi connectivity index (χ2v) is 9.91. The Balaban J connectivity index is 0.00000168. The molecule has 6 aromatic rings. The zero-order valence-electron chi connectivity index (χ0n) is 23.9. The molecule has 0 atom stereocenters. The van der Waals surface area contributed by atoms with Crippen LogP contribution in [0.1, 0.15) is 36.4 Å². The molecule has 0 aliphatic carbocycles. The minimum absolute atomic E-state index is 0.136. The second kappa shape index (κ2) is 11.8. The number of rotatable bonds is 4. The Hall–Kier alpha value is -5.30. The Labute approximate surface area is 252 Å². The summed E-state index contributed by atoms with van der Waals surface area (Å²) in [5.74, 6) is -1.73. The Morgan fingerprint density at radius 1 is 0.500 bits per heavy atom. The van der Waals surface area contributed by atoms with E-state index in [1.807, 2.05) is 74.5 Å². The average Bonchev–Trinajstić information content (AvgIpc) is 3.05. The molecule has 2 aromatic heterocycles. The lowest BCUT2D eigenvalue weighted by molar-refractivity contribution is 0.430. The summed E-state index contributed by atoms with van der Waals surface area (Å²) in [7, 11) is 0. The van der Waals surface area contributed by atoms with Crippen LogP contribution < -0.4 is 4.74 Å². The van der Waals surface area contributed by atoms with E-state index < -0.39 is 28.7 Å². The summed E-state index contributed by atoms with van der Waals surface area (Å²) in [6.07, 6.45) is 0. The maximum Gasteiger partial charge on any atom is 0.135 e. The van der Waals surface area contributed by atoms with Crippen LogP contribution in [-0.4, -0.2) is 9.97 Å². The quantitative estimate of drug-likeness (QED) is 0.191. The Bertz CT molecular complexity index is 1850. The molecule has 4 aromatic carbocycles. The lowest BCUT2D eigenvalue weighted by Gasteiger charge is -2.39. The molecule has 0 bridgehead atoms. The van der Waals surface area contributed by atoms with Gasteiger partial charge in [-0.15, -0.1) is 0 Å². The molecule has 7 heteroatoms. The number of hydrogen-bond donors (Lipinski definition) is 0. The van der Waals surface area contributed by atoms with Crippen LogP contribution in [0.2, 0.25) is 0 Å². The molecule has 0 radical (unpaired) electrons. The first kappa shape index (κ1) is 28.8. The van der Waals surface area contributed by atoms with Gasteiger partial charge in [-0.2, -0.15) is 0 Å². The smallest absolute Gasteiger partial charge is 0.135 e. The molecule has 0 fully saturated rings. The maximum absolute atomic E-state index is 14.9. The molecule has 44 heavy (non-hydrogen) atoms. The Kier molecular flexibility index (Phi) is 7.70. The van der Waals surface area contributed by atoms with Gasteiger partial charge in [0.05, 0.1) is 22.8 Å². The van der Waals surface area contributed by atoms with Crippen LogP contribution >= 0.6 is 0 Å². The highest BCUT2D eigenvalue weighted by molar-refractivity contribution is 5.70. The van der Waals surface area contributed by atoms with E-state index in [1.165, 1.54) is 24.3 Å². The highest BCUT2D eigenvalue weighted by Gasteiger charge is 2.47. The fourth-order valence-corrected chi connectivity index (χ4v) is 5.66. The zero-order valence-corrected chi connectivity index (χ0v) is 23.9. The third kappa shape index (κ3) is 4.80. The van der Waals surface area contributed by atoms with Crippen molar-refractivity contribution in [2.24, 2.45) is 0 Å². The van der Waals surface area contributed by atoms with Gasteiger partial charge in [0.2, 0.25) is 0 Å². The fourth-order valence-electron chi connectivity index (χ4n) is 5.66. The van der Waals surface area contributed by atoms with Gasteiger partial charge >= 0.3 is 0 Å². The van der Waals surface area contributed by atoms with Crippen molar-refractivity contribution >= 4 is 0 Å². The number of pyridine rings is 2. The van der Waals surface area contributed by atoms with Crippen molar-refractivity contribution in [3.63, 3.8) is 0 Å². The minimum atomic E-state index is -1.19. The molecule has 0 unspecified atom stereocenters. The van der Waals surface area contributed by atoms with Crippen molar-refractivity contribution in [3.05, 3.63) is 167 Å². The number of fused-ring (bicyclic) bond motifs is 2. The summed E-state index contributed by atoms with van der Waals surface area (Å²) in [4.78, 5) is 9.91. The van der Waals surface area contributed by atoms with Crippen molar-refractivity contribution in [1.29, 1.82) is 0 Å². The molecule has 0 saturated carbocycles. The number of benzene rings is 4. The van der Waals surface area contributed by atoms with Crippen molar-refractivity contribution in [2.45, 2.75) is 19.3 Å². The third-order valence-electron chi connectivity index (χ3n) is 7.48. The fraction of sp³-hybridized carbons (Fsp3) is 0.0811. The lowest BCUT2D eigenvalue weighted by Crippen LogP contribution is -2.36. The summed E-state index contributed by atoms with van der Waals surface area (Å²) in [5, 5.41) is 0. The highest BCUT2D eigenvalue weighted by Crippen LogP contribution is 2.54. The van der Waals surface area contributed by atoms with E-state index in [0.29, 0.717) is 34.3 Å². The van der Waals surface area contributed by atoms with Gasteiger partial charge in [0.25, 0.3) is 0 Å². The summed E-state index contributed by atoms with van der Waals surface area (Å²) < 4.78 is 63.7. The topological polar surface area (TPSA) is 35.0 Å². The van der Waals surface area contributed by atoms with E-state index in [1.54, 1.807) is 24.3 Å². The van der Waals surface area contributed by atoms with Crippen LogP contribution in [0.15, 0.2) is 121 Å². The molecule has 1 aliphatic heterocycles. The first-order chi connectivity index (χ1) is 21.4. The molecule has 7 rings (SSSR count). The number of hydrogen-bond acceptors (Lipinski definition) is 3. The monoisotopic (exact) mass is 590 g/mol. The average molecular weight is 591 g/mol. The van der Waals surface area contributed by atoms with Crippen LogP contribution in [0.5, 0.6) is 11.5 Å². The van der Waals surface area contributed by atoms with Crippen LogP contribution in [-0.2, 0) is 5.41 Å². The van der Waals surface area contributed by atoms with Crippen LogP contribution in [0.3, 0.4) is 0 Å². The van der Waals surface area contributed by atoms with E-state index in [-0.39, 0.29) is 11.1 Å². The van der Waals surface area contributed by atoms with Crippen molar-refractivity contribution in [2.75, 3.05) is 0 Å². The number of para-hydroxylation sites is 2. The van der Waals surface area contributed by atoms with Crippen molar-refractivity contribution < 1.29 is 22.3 Å². The van der Waals surface area contributed by atoms with Crippen LogP contribution in [0, 0.1) is 23.3 Å². The number of aromatic nitrogens is 2. The van der Waals surface area contributed by atoms with Gasteiger partial charge in [-0.25, -0.2) is 17.6 Å². The summed E-state index contributed by atoms with van der Waals surface area (Å²) >= 11 is 0. The van der Waals surface area contributed by atoms with Gasteiger partial charge in [-0.1, -0.05) is 62.4 Å². The van der Waals surface area contributed by atoms with E-state index >= 15 is 0 Å². The van der Waals surface area contributed by atoms with Gasteiger partial charge in [0.1, 0.15) is 40.2 Å². The third-order valence-corrected chi connectivity index (χ3v) is 7.48. The summed E-state index contributed by atoms with van der Waals surface area (Å²) in [5.41, 5.74) is 2.11. The molecule has 0 N–H and O–H groups in total. The highest BCUT2D eigenvalue weighted by atomic mass is 19.1. The molecule has 3 nitrogen and oxygen atoms in total. The normalized spacial score (nSPS) is 12.7. The van der Waals surface area contributed by atoms with E-state index in [9.17, 15) is 17.6 Å². The van der Waals surface area contributed by atoms with Crippen LogP contribution in [0.25, 0.3) is 22.5 Å². The van der Waals surface area contributed by atoms with Gasteiger partial charge in [-0.3, -0.25) is 9.97 Å². The van der Waals surface area contributed by atoms with Crippen molar-refractivity contribution in [3.8, 4) is 34.0 Å². The maximum atomic E-state index is 14.9. The molecule has 0 amide bonds. The van der Waals surface area contributed by atoms with Gasteiger partial charge in [-0.05, 0) is 60.7 Å². The molecule has 1 aliphatic rings. The van der Waals surface area contributed by atoms with Gasteiger partial charge in [0.15, 0.2) is 0 Å². The van der Waals surface area contributed by atoms with E-state index in [2.05, 4.69) is 0 Å². The first-order valence-corrected chi connectivity index (χ1v) is 14.2. The van der Waals surface area contributed by atoms with Gasteiger partial charge < -0.3 is 4.74 Å². The van der Waals surface area contributed by atoms with E-state index in [4.69, 9.17) is 14.7 Å². The zero-order chi connectivity index (χ0) is 30.8. The molecule has 3 heterocycles. The minimum Gasteiger partial charge on any atom is -0.457 e. The molecule has 0 spiro atoms. The predicted molar refractivity (Wildman–Crippen MR) is 162 cm³/mol. The van der Waals surface area contributed by atoms with Crippen LogP contribution in [0.4, 0.5) is 17.6 Å². The summed E-state index contributed by atoms with van der Waals surface area (Å²) in [6, 6.07) is 32.1. The number of halogens is 4. The molecular weight excluding hydrogens is 564 g/mol. The number of nitrogens with zero attached hydrogens (tertiary/aromatic N) is 2. The summed E-state index contributed by atoms with van der Waals surface area (Å²) in [6.45, 7) is 4.00. The Morgan fingerprint density at radius 3 is 1.36 bits per heavy atom.